The summed E-state index contributed by atoms with van der Waals surface area (Å²) in [5.74, 6) is 0. The van der Waals surface area contributed by atoms with Gasteiger partial charge in [0.2, 0.25) is 0 Å². The second-order valence-corrected chi connectivity index (χ2v) is 4.60. The minimum Gasteiger partial charge on any atom is -0.313 e. The highest BCUT2D eigenvalue weighted by atomic mass is 19.4. The number of fused-ring (bicyclic) bond motifs is 1. The Morgan fingerprint density at radius 1 is 1.05 bits per heavy atom. The number of hydrogen-bond donors (Lipinski definition) is 1. The van der Waals surface area contributed by atoms with Gasteiger partial charge in [-0.05, 0) is 12.1 Å². The van der Waals surface area contributed by atoms with Crippen molar-refractivity contribution in [3.63, 3.8) is 0 Å². The second-order valence-electron chi connectivity index (χ2n) is 4.60. The Bertz CT molecular complexity index is 582. The normalized spacial score (nSPS) is 17.1. The molecule has 0 radical (unpaired) electrons. The molecule has 2 aromatic rings. The molecule has 1 saturated heterocycles. The first-order valence-corrected chi connectivity index (χ1v) is 6.21. The molecule has 1 aromatic carbocycles. The minimum absolute atomic E-state index is 0.571. The van der Waals surface area contributed by atoms with Crippen LogP contribution >= 0.6 is 0 Å². The molecule has 2 heterocycles. The molecule has 0 bridgehead atoms. The number of nitrogens with one attached hydrogen (secondary N) is 1. The van der Waals surface area contributed by atoms with Gasteiger partial charge in [0, 0.05) is 31.6 Å². The molecule has 102 valence electrons. The van der Waals surface area contributed by atoms with Gasteiger partial charge in [0.05, 0.1) is 5.52 Å². The number of alkyl halides is 3. The maximum Gasteiger partial charge on any atom is 0.433 e. The van der Waals surface area contributed by atoms with E-state index >= 15 is 0 Å². The van der Waals surface area contributed by atoms with Crippen molar-refractivity contribution in [2.45, 2.75) is 6.18 Å². The Kier molecular flexibility index (Phi) is 2.89. The predicted molar refractivity (Wildman–Crippen MR) is 67.8 cm³/mol. The highest BCUT2D eigenvalue weighted by Gasteiger charge is 2.37. The van der Waals surface area contributed by atoms with Crippen LogP contribution in [0.5, 0.6) is 0 Å². The summed E-state index contributed by atoms with van der Waals surface area (Å²) in [5.41, 5.74) is 0.00678. The summed E-state index contributed by atoms with van der Waals surface area (Å²) >= 11 is 0. The lowest BCUT2D eigenvalue weighted by molar-refractivity contribution is -0.143. The van der Waals surface area contributed by atoms with E-state index in [1.807, 2.05) is 0 Å². The molecule has 0 saturated carbocycles. The summed E-state index contributed by atoms with van der Waals surface area (Å²) in [7, 11) is 0. The standard InChI is InChI=1S/C13H14F3N3/c14-13(15,16)12-9-10-3-1-2-4-11(10)19(12)18-7-5-17-6-8-18/h1-4,9,17H,5-8H2. The zero-order valence-electron chi connectivity index (χ0n) is 10.2. The highest BCUT2D eigenvalue weighted by Crippen LogP contribution is 2.34. The van der Waals surface area contributed by atoms with Crippen LogP contribution in [-0.2, 0) is 6.18 Å². The van der Waals surface area contributed by atoms with E-state index in [4.69, 9.17) is 0 Å². The molecule has 6 heteroatoms. The number of aromatic nitrogens is 1. The van der Waals surface area contributed by atoms with Crippen LogP contribution in [0.4, 0.5) is 13.2 Å². The van der Waals surface area contributed by atoms with Crippen molar-refractivity contribution < 1.29 is 13.2 Å². The topological polar surface area (TPSA) is 20.2 Å². The average molecular weight is 269 g/mol. The lowest BCUT2D eigenvalue weighted by atomic mass is 10.2. The van der Waals surface area contributed by atoms with Crippen molar-refractivity contribution in [2.75, 3.05) is 31.2 Å². The Morgan fingerprint density at radius 2 is 1.74 bits per heavy atom. The first-order valence-electron chi connectivity index (χ1n) is 6.21. The van der Waals surface area contributed by atoms with Crippen LogP contribution < -0.4 is 10.3 Å². The van der Waals surface area contributed by atoms with Crippen molar-refractivity contribution in [1.82, 2.24) is 9.99 Å². The number of piperazine rings is 1. The van der Waals surface area contributed by atoms with Gasteiger partial charge in [-0.2, -0.15) is 13.2 Å². The average Bonchev–Trinajstić information content (AvgIpc) is 2.79. The van der Waals surface area contributed by atoms with E-state index in [9.17, 15) is 13.2 Å². The van der Waals surface area contributed by atoms with Crippen molar-refractivity contribution in [3.05, 3.63) is 36.0 Å². The molecule has 0 amide bonds. The SMILES string of the molecule is FC(F)(F)c1cc2ccccc2n1N1CCNCC1. The van der Waals surface area contributed by atoms with Gasteiger partial charge in [0.1, 0.15) is 5.69 Å². The Balaban J connectivity index is 2.18. The van der Waals surface area contributed by atoms with Gasteiger partial charge in [-0.3, -0.25) is 4.68 Å². The number of nitrogens with zero attached hydrogens (tertiary/aromatic N) is 2. The molecule has 3 nitrogen and oxygen atoms in total. The lowest BCUT2D eigenvalue weighted by Gasteiger charge is -2.32. The molecule has 0 spiro atoms. The Morgan fingerprint density at radius 3 is 2.42 bits per heavy atom. The molecular weight excluding hydrogens is 255 g/mol. The van der Waals surface area contributed by atoms with Crippen molar-refractivity contribution in [1.29, 1.82) is 0 Å². The van der Waals surface area contributed by atoms with Gasteiger partial charge in [-0.1, -0.05) is 18.2 Å². The molecule has 1 aliphatic rings. The molecule has 1 fully saturated rings. The Hall–Kier alpha value is -1.69. The number of para-hydroxylation sites is 1. The summed E-state index contributed by atoms with van der Waals surface area (Å²) in [6, 6.07) is 8.18. The molecule has 3 rings (SSSR count). The maximum absolute atomic E-state index is 13.2. The van der Waals surface area contributed by atoms with Crippen LogP contribution in [0.1, 0.15) is 5.69 Å². The first-order chi connectivity index (χ1) is 9.07. The zero-order chi connectivity index (χ0) is 13.5. The van der Waals surface area contributed by atoms with Crippen molar-refractivity contribution in [2.24, 2.45) is 0 Å². The predicted octanol–water partition coefficient (Wildman–Crippen LogP) is 2.20. The fraction of sp³-hybridized carbons (Fsp3) is 0.385. The number of rotatable bonds is 1. The maximum atomic E-state index is 13.2. The summed E-state index contributed by atoms with van der Waals surface area (Å²) in [4.78, 5) is 0. The van der Waals surface area contributed by atoms with E-state index in [2.05, 4.69) is 5.32 Å². The third-order valence-electron chi connectivity index (χ3n) is 3.35. The monoisotopic (exact) mass is 269 g/mol. The second kappa shape index (κ2) is 4.45. The van der Waals surface area contributed by atoms with E-state index in [-0.39, 0.29) is 0 Å². The van der Waals surface area contributed by atoms with E-state index in [0.29, 0.717) is 37.1 Å². The molecule has 1 N–H and O–H groups in total. The third-order valence-corrected chi connectivity index (χ3v) is 3.35. The summed E-state index contributed by atoms with van der Waals surface area (Å²) in [5, 5.41) is 5.52. The van der Waals surface area contributed by atoms with Gasteiger partial charge >= 0.3 is 6.18 Å². The van der Waals surface area contributed by atoms with Crippen LogP contribution in [0.3, 0.4) is 0 Å². The highest BCUT2D eigenvalue weighted by molar-refractivity contribution is 5.81. The van der Waals surface area contributed by atoms with E-state index in [1.165, 1.54) is 10.7 Å². The number of hydrogen-bond acceptors (Lipinski definition) is 2. The van der Waals surface area contributed by atoms with E-state index < -0.39 is 11.9 Å². The molecule has 1 aliphatic heterocycles. The first kappa shape index (κ1) is 12.3. The van der Waals surface area contributed by atoms with Gasteiger partial charge in [-0.15, -0.1) is 0 Å². The fourth-order valence-corrected chi connectivity index (χ4v) is 2.50. The molecule has 0 atom stereocenters. The lowest BCUT2D eigenvalue weighted by Crippen LogP contribution is -2.50. The molecule has 19 heavy (non-hydrogen) atoms. The summed E-state index contributed by atoms with van der Waals surface area (Å²) < 4.78 is 40.9. The quantitative estimate of drug-likeness (QED) is 0.856. The Labute approximate surface area is 108 Å². The number of benzene rings is 1. The minimum atomic E-state index is -4.34. The molecule has 0 aliphatic carbocycles. The van der Waals surface area contributed by atoms with Gasteiger partial charge in [0.15, 0.2) is 0 Å². The largest absolute Gasteiger partial charge is 0.433 e. The van der Waals surface area contributed by atoms with Gasteiger partial charge < -0.3 is 10.3 Å². The molecular formula is C13H14F3N3. The van der Waals surface area contributed by atoms with E-state index in [0.717, 1.165) is 0 Å². The van der Waals surface area contributed by atoms with E-state index in [1.54, 1.807) is 29.3 Å². The zero-order valence-corrected chi connectivity index (χ0v) is 10.2. The fourth-order valence-electron chi connectivity index (χ4n) is 2.50. The smallest absolute Gasteiger partial charge is 0.313 e. The van der Waals surface area contributed by atoms with Crippen LogP contribution in [0.25, 0.3) is 10.9 Å². The van der Waals surface area contributed by atoms with Gasteiger partial charge in [0.25, 0.3) is 0 Å². The van der Waals surface area contributed by atoms with Crippen molar-refractivity contribution >= 4 is 10.9 Å². The summed E-state index contributed by atoms with van der Waals surface area (Å²) in [6.07, 6.45) is -4.34. The van der Waals surface area contributed by atoms with Crippen LogP contribution in [0.15, 0.2) is 30.3 Å². The number of halogens is 3. The van der Waals surface area contributed by atoms with Crippen LogP contribution in [-0.4, -0.2) is 30.9 Å². The molecule has 1 aromatic heterocycles. The molecule has 0 unspecified atom stereocenters. The summed E-state index contributed by atoms with van der Waals surface area (Å²) in [6.45, 7) is 2.54. The van der Waals surface area contributed by atoms with Crippen LogP contribution in [0, 0.1) is 0 Å². The van der Waals surface area contributed by atoms with Gasteiger partial charge in [-0.25, -0.2) is 0 Å². The third kappa shape index (κ3) is 2.16. The van der Waals surface area contributed by atoms with Crippen LogP contribution in [0.2, 0.25) is 0 Å². The van der Waals surface area contributed by atoms with Crippen molar-refractivity contribution in [3.8, 4) is 0 Å².